The Labute approximate surface area is 150 Å². The van der Waals surface area contributed by atoms with Crippen molar-refractivity contribution in [3.8, 4) is 5.75 Å². The first-order valence-corrected chi connectivity index (χ1v) is 8.03. The van der Waals surface area contributed by atoms with E-state index in [0.717, 1.165) is 5.56 Å². The number of carbonyl (C=O) groups is 2. The van der Waals surface area contributed by atoms with E-state index in [1.54, 1.807) is 12.1 Å². The molecule has 0 aliphatic carbocycles. The van der Waals surface area contributed by atoms with Crippen LogP contribution in [0, 0.1) is 0 Å². The average molecular weight is 347 g/mol. The zero-order chi connectivity index (χ0) is 18.5. The molecule has 0 unspecified atom stereocenters. The molecule has 0 aliphatic rings. The summed E-state index contributed by atoms with van der Waals surface area (Å²) in [6.07, 6.45) is 0.515. The summed E-state index contributed by atoms with van der Waals surface area (Å²) in [6.45, 7) is 0. The molecule has 0 fully saturated rings. The monoisotopic (exact) mass is 347 g/mol. The molecule has 3 aromatic rings. The lowest BCUT2D eigenvalue weighted by Crippen LogP contribution is -2.12. The number of aromatic carboxylic acids is 1. The van der Waals surface area contributed by atoms with Gasteiger partial charge < -0.3 is 15.5 Å². The molecule has 3 rings (SSSR count). The van der Waals surface area contributed by atoms with Gasteiger partial charge in [-0.3, -0.25) is 4.79 Å². The summed E-state index contributed by atoms with van der Waals surface area (Å²) in [6, 6.07) is 20.3. The van der Waals surface area contributed by atoms with Crippen LogP contribution in [0.1, 0.15) is 31.8 Å². The number of carboxylic acid groups (broad SMARTS) is 1. The molecule has 0 atom stereocenters. The number of nitrogens with one attached hydrogen (secondary N) is 1. The molecule has 0 saturated heterocycles. The third kappa shape index (κ3) is 4.08. The Bertz CT molecular complexity index is 934. The van der Waals surface area contributed by atoms with E-state index in [9.17, 15) is 14.7 Å². The highest BCUT2D eigenvalue weighted by atomic mass is 16.4. The number of carboxylic acids is 1. The fourth-order valence-corrected chi connectivity index (χ4v) is 2.58. The molecular formula is C21H17NO4. The van der Waals surface area contributed by atoms with Gasteiger partial charge in [0, 0.05) is 17.7 Å². The normalized spacial score (nSPS) is 10.3. The molecule has 0 aromatic heterocycles. The molecule has 0 aliphatic heterocycles. The van der Waals surface area contributed by atoms with Gasteiger partial charge in [-0.2, -0.15) is 0 Å². The van der Waals surface area contributed by atoms with E-state index in [1.807, 2.05) is 30.3 Å². The SMILES string of the molecule is O=C(O)c1ccc(NC(=O)c2ccc(O)c(Cc3ccccc3)c2)cc1. The second kappa shape index (κ2) is 7.53. The van der Waals surface area contributed by atoms with E-state index >= 15 is 0 Å². The highest BCUT2D eigenvalue weighted by Crippen LogP contribution is 2.22. The Morgan fingerprint density at radius 2 is 1.50 bits per heavy atom. The predicted octanol–water partition coefficient (Wildman–Crippen LogP) is 3.93. The van der Waals surface area contributed by atoms with Gasteiger partial charge >= 0.3 is 5.97 Å². The lowest BCUT2D eigenvalue weighted by Gasteiger charge is -2.09. The van der Waals surface area contributed by atoms with Crippen LogP contribution in [0.4, 0.5) is 5.69 Å². The van der Waals surface area contributed by atoms with E-state index in [1.165, 1.54) is 30.3 Å². The average Bonchev–Trinajstić information content (AvgIpc) is 2.65. The molecule has 0 spiro atoms. The molecule has 3 aromatic carbocycles. The van der Waals surface area contributed by atoms with Gasteiger partial charge in [-0.15, -0.1) is 0 Å². The summed E-state index contributed by atoms with van der Waals surface area (Å²) in [4.78, 5) is 23.3. The third-order valence-electron chi connectivity index (χ3n) is 3.97. The standard InChI is InChI=1S/C21H17NO4/c23-19-11-8-16(13-17(19)12-14-4-2-1-3-5-14)20(24)22-18-9-6-15(7-10-18)21(25)26/h1-11,13,23H,12H2,(H,22,24)(H,25,26). The first kappa shape index (κ1) is 17.2. The van der Waals surface area contributed by atoms with Crippen LogP contribution < -0.4 is 5.32 Å². The van der Waals surface area contributed by atoms with Crippen LogP contribution in [0.25, 0.3) is 0 Å². The summed E-state index contributed by atoms with van der Waals surface area (Å²) in [5.41, 5.74) is 2.75. The predicted molar refractivity (Wildman–Crippen MR) is 98.7 cm³/mol. The summed E-state index contributed by atoms with van der Waals surface area (Å²) >= 11 is 0. The number of anilines is 1. The fraction of sp³-hybridized carbons (Fsp3) is 0.0476. The van der Waals surface area contributed by atoms with Crippen LogP contribution in [-0.2, 0) is 6.42 Å². The van der Waals surface area contributed by atoms with Crippen LogP contribution in [0.2, 0.25) is 0 Å². The summed E-state index contributed by atoms with van der Waals surface area (Å²) in [7, 11) is 0. The number of carbonyl (C=O) groups excluding carboxylic acids is 1. The highest BCUT2D eigenvalue weighted by Gasteiger charge is 2.11. The van der Waals surface area contributed by atoms with Crippen molar-refractivity contribution < 1.29 is 19.8 Å². The van der Waals surface area contributed by atoms with E-state index in [-0.39, 0.29) is 17.2 Å². The smallest absolute Gasteiger partial charge is 0.335 e. The van der Waals surface area contributed by atoms with Crippen molar-refractivity contribution >= 4 is 17.6 Å². The molecular weight excluding hydrogens is 330 g/mol. The largest absolute Gasteiger partial charge is 0.508 e. The number of phenols is 1. The number of amides is 1. The number of aromatic hydroxyl groups is 1. The van der Waals surface area contributed by atoms with Crippen LogP contribution in [0.3, 0.4) is 0 Å². The lowest BCUT2D eigenvalue weighted by molar-refractivity contribution is 0.0696. The maximum Gasteiger partial charge on any atom is 0.335 e. The number of hydrogen-bond donors (Lipinski definition) is 3. The minimum Gasteiger partial charge on any atom is -0.508 e. The van der Waals surface area contributed by atoms with Gasteiger partial charge in [-0.1, -0.05) is 30.3 Å². The number of hydrogen-bond acceptors (Lipinski definition) is 3. The van der Waals surface area contributed by atoms with Gasteiger partial charge in [0.05, 0.1) is 5.56 Å². The van der Waals surface area contributed by atoms with Gasteiger partial charge in [0.2, 0.25) is 0 Å². The quantitative estimate of drug-likeness (QED) is 0.652. The number of benzene rings is 3. The maximum atomic E-state index is 12.4. The topological polar surface area (TPSA) is 86.6 Å². The van der Waals surface area contributed by atoms with Crippen LogP contribution in [-0.4, -0.2) is 22.1 Å². The molecule has 5 nitrogen and oxygen atoms in total. The third-order valence-corrected chi connectivity index (χ3v) is 3.97. The molecule has 26 heavy (non-hydrogen) atoms. The Morgan fingerprint density at radius 1 is 0.846 bits per heavy atom. The van der Waals surface area contributed by atoms with E-state index in [2.05, 4.69) is 5.32 Å². The summed E-state index contributed by atoms with van der Waals surface area (Å²) in [5, 5.41) is 21.7. The van der Waals surface area contributed by atoms with E-state index < -0.39 is 5.97 Å². The van der Waals surface area contributed by atoms with Crippen LogP contribution in [0.15, 0.2) is 72.8 Å². The van der Waals surface area contributed by atoms with Crippen molar-refractivity contribution in [1.29, 1.82) is 0 Å². The molecule has 5 heteroatoms. The number of rotatable bonds is 5. The summed E-state index contributed by atoms with van der Waals surface area (Å²) in [5.74, 6) is -1.22. The van der Waals surface area contributed by atoms with Crippen molar-refractivity contribution in [3.63, 3.8) is 0 Å². The minimum absolute atomic E-state index is 0.135. The van der Waals surface area contributed by atoms with Crippen molar-refractivity contribution in [2.45, 2.75) is 6.42 Å². The molecule has 0 bridgehead atoms. The Morgan fingerprint density at radius 3 is 2.15 bits per heavy atom. The second-order valence-corrected chi connectivity index (χ2v) is 5.84. The maximum absolute atomic E-state index is 12.4. The van der Waals surface area contributed by atoms with Crippen molar-refractivity contribution in [2.24, 2.45) is 0 Å². The Hall–Kier alpha value is -3.60. The molecule has 1 amide bonds. The number of phenolic OH excluding ortho intramolecular Hbond substituents is 1. The second-order valence-electron chi connectivity index (χ2n) is 5.84. The molecule has 0 heterocycles. The van der Waals surface area contributed by atoms with Gasteiger partial charge in [0.15, 0.2) is 0 Å². The van der Waals surface area contributed by atoms with E-state index in [0.29, 0.717) is 23.2 Å². The van der Waals surface area contributed by atoms with Gasteiger partial charge in [-0.25, -0.2) is 4.79 Å². The van der Waals surface area contributed by atoms with Gasteiger partial charge in [0.25, 0.3) is 5.91 Å². The van der Waals surface area contributed by atoms with Crippen LogP contribution in [0.5, 0.6) is 5.75 Å². The summed E-state index contributed by atoms with van der Waals surface area (Å²) < 4.78 is 0. The first-order chi connectivity index (χ1) is 12.5. The fourth-order valence-electron chi connectivity index (χ4n) is 2.58. The van der Waals surface area contributed by atoms with Crippen molar-refractivity contribution in [3.05, 3.63) is 95.1 Å². The molecule has 130 valence electrons. The highest BCUT2D eigenvalue weighted by molar-refractivity contribution is 6.04. The minimum atomic E-state index is -1.02. The lowest BCUT2D eigenvalue weighted by atomic mass is 10.0. The van der Waals surface area contributed by atoms with Crippen molar-refractivity contribution in [2.75, 3.05) is 5.32 Å². The molecule has 3 N–H and O–H groups in total. The molecule has 0 radical (unpaired) electrons. The first-order valence-electron chi connectivity index (χ1n) is 8.03. The van der Waals surface area contributed by atoms with Gasteiger partial charge in [-0.05, 0) is 53.6 Å². The molecule has 0 saturated carbocycles. The zero-order valence-electron chi connectivity index (χ0n) is 13.8. The van der Waals surface area contributed by atoms with Crippen LogP contribution >= 0.6 is 0 Å². The Kier molecular flexibility index (Phi) is 4.99. The zero-order valence-corrected chi connectivity index (χ0v) is 13.8. The van der Waals surface area contributed by atoms with Crippen molar-refractivity contribution in [1.82, 2.24) is 0 Å². The van der Waals surface area contributed by atoms with Gasteiger partial charge in [0.1, 0.15) is 5.75 Å². The Balaban J connectivity index is 1.77. The van der Waals surface area contributed by atoms with E-state index in [4.69, 9.17) is 5.11 Å².